The van der Waals surface area contributed by atoms with E-state index < -0.39 is 0 Å². The minimum absolute atomic E-state index is 0.696. The predicted octanol–water partition coefficient (Wildman–Crippen LogP) is 6.57. The van der Waals surface area contributed by atoms with Crippen molar-refractivity contribution in [1.29, 1.82) is 0 Å². The Morgan fingerprint density at radius 1 is 1.05 bits per heavy atom. The highest BCUT2D eigenvalue weighted by molar-refractivity contribution is 5.26. The monoisotopic (exact) mass is 288 g/mol. The molecular formula is C20H29F. The Morgan fingerprint density at radius 2 is 1.76 bits per heavy atom. The summed E-state index contributed by atoms with van der Waals surface area (Å²) in [6, 6.07) is 9.33. The maximum Gasteiger partial charge on any atom is 0.0827 e. The van der Waals surface area contributed by atoms with E-state index in [1.54, 1.807) is 6.08 Å². The largest absolute Gasteiger partial charge is 0.216 e. The summed E-state index contributed by atoms with van der Waals surface area (Å²) in [5, 5.41) is 0. The molecule has 0 saturated heterocycles. The number of rotatable bonds is 7. The molecule has 1 saturated carbocycles. The van der Waals surface area contributed by atoms with E-state index in [9.17, 15) is 4.39 Å². The quantitative estimate of drug-likeness (QED) is 0.498. The highest BCUT2D eigenvalue weighted by atomic mass is 19.1. The molecule has 0 heterocycles. The summed E-state index contributed by atoms with van der Waals surface area (Å²) >= 11 is 0. The average Bonchev–Trinajstić information content (AvgIpc) is 2.54. The molecule has 1 aliphatic carbocycles. The molecule has 21 heavy (non-hydrogen) atoms. The van der Waals surface area contributed by atoms with Crippen LogP contribution >= 0.6 is 0 Å². The average molecular weight is 288 g/mol. The van der Waals surface area contributed by atoms with E-state index in [-0.39, 0.29) is 0 Å². The van der Waals surface area contributed by atoms with E-state index in [1.165, 1.54) is 62.5 Å². The second-order valence-electron chi connectivity index (χ2n) is 6.51. The second kappa shape index (κ2) is 9.02. The number of unbranched alkanes of at least 4 members (excludes halogenated alkanes) is 2. The molecule has 0 aliphatic heterocycles. The first-order valence-electron chi connectivity index (χ1n) is 8.67. The lowest BCUT2D eigenvalue weighted by Gasteiger charge is -2.28. The first-order chi connectivity index (χ1) is 10.3. The fraction of sp³-hybridized carbons (Fsp3) is 0.600. The Bertz CT molecular complexity index is 410. The van der Waals surface area contributed by atoms with Crippen molar-refractivity contribution in [2.24, 2.45) is 5.92 Å². The Hall–Kier alpha value is -1.11. The van der Waals surface area contributed by atoms with Gasteiger partial charge in [-0.3, -0.25) is 0 Å². The van der Waals surface area contributed by atoms with Gasteiger partial charge in [-0.1, -0.05) is 50.1 Å². The van der Waals surface area contributed by atoms with Crippen LogP contribution in [-0.2, 0) is 6.42 Å². The van der Waals surface area contributed by atoms with Crippen molar-refractivity contribution in [3.8, 4) is 0 Å². The standard InChI is InChI=1S/C20H29F/c1-2-3-4-6-17-8-12-19(13-9-17)20-14-10-18(11-15-20)7-5-16-21/h5,8-9,12-13,16,18,20H,2-4,6-7,10-11,14-15H2,1H3/t18-,20-. The van der Waals surface area contributed by atoms with Crippen LogP contribution in [0.2, 0.25) is 0 Å². The van der Waals surface area contributed by atoms with Crippen LogP contribution in [0.15, 0.2) is 36.7 Å². The van der Waals surface area contributed by atoms with Gasteiger partial charge in [0.1, 0.15) is 0 Å². The van der Waals surface area contributed by atoms with Crippen molar-refractivity contribution < 1.29 is 4.39 Å². The molecule has 0 N–H and O–H groups in total. The summed E-state index contributed by atoms with van der Waals surface area (Å²) in [7, 11) is 0. The zero-order valence-electron chi connectivity index (χ0n) is 13.4. The molecular weight excluding hydrogens is 259 g/mol. The summed E-state index contributed by atoms with van der Waals surface area (Å²) in [5.41, 5.74) is 2.99. The maximum atomic E-state index is 12.1. The molecule has 2 rings (SSSR count). The molecule has 0 spiro atoms. The van der Waals surface area contributed by atoms with Crippen LogP contribution in [0.4, 0.5) is 4.39 Å². The zero-order chi connectivity index (χ0) is 14.9. The molecule has 0 unspecified atom stereocenters. The van der Waals surface area contributed by atoms with Gasteiger partial charge in [0.25, 0.3) is 0 Å². The summed E-state index contributed by atoms with van der Waals surface area (Å²) < 4.78 is 12.1. The van der Waals surface area contributed by atoms with E-state index in [4.69, 9.17) is 0 Å². The molecule has 1 fully saturated rings. The van der Waals surface area contributed by atoms with Crippen molar-refractivity contribution in [2.45, 2.75) is 70.6 Å². The lowest BCUT2D eigenvalue weighted by Crippen LogP contribution is -2.12. The number of allylic oxidation sites excluding steroid dienone is 1. The van der Waals surface area contributed by atoms with Gasteiger partial charge in [-0.25, -0.2) is 4.39 Å². The molecule has 1 aromatic rings. The van der Waals surface area contributed by atoms with E-state index in [0.717, 1.165) is 12.3 Å². The molecule has 1 aromatic carbocycles. The van der Waals surface area contributed by atoms with Crippen molar-refractivity contribution in [2.75, 3.05) is 0 Å². The lowest BCUT2D eigenvalue weighted by molar-refractivity contribution is 0.327. The van der Waals surface area contributed by atoms with E-state index in [0.29, 0.717) is 12.2 Å². The summed E-state index contributed by atoms with van der Waals surface area (Å²) in [5.74, 6) is 1.42. The Balaban J connectivity index is 1.80. The minimum atomic E-state index is 0.696. The summed E-state index contributed by atoms with van der Waals surface area (Å²) in [6.45, 7) is 2.25. The third-order valence-corrected chi connectivity index (χ3v) is 4.93. The number of hydrogen-bond acceptors (Lipinski definition) is 0. The molecule has 0 nitrogen and oxygen atoms in total. The van der Waals surface area contributed by atoms with Crippen molar-refractivity contribution >= 4 is 0 Å². The third-order valence-electron chi connectivity index (χ3n) is 4.93. The first-order valence-corrected chi connectivity index (χ1v) is 8.67. The van der Waals surface area contributed by atoms with Crippen LogP contribution in [0.3, 0.4) is 0 Å². The molecule has 0 bridgehead atoms. The summed E-state index contributed by atoms with van der Waals surface area (Å²) in [4.78, 5) is 0. The first kappa shape index (κ1) is 16.3. The molecule has 0 aromatic heterocycles. The SMILES string of the molecule is CCCCCc1ccc([C@H]2CC[C@H](CC=CF)CC2)cc1. The van der Waals surface area contributed by atoms with Gasteiger partial charge in [-0.15, -0.1) is 0 Å². The van der Waals surface area contributed by atoms with Crippen LogP contribution in [0.1, 0.15) is 75.3 Å². The van der Waals surface area contributed by atoms with E-state index in [1.807, 2.05) is 0 Å². The molecule has 116 valence electrons. The van der Waals surface area contributed by atoms with Gasteiger partial charge in [0.2, 0.25) is 0 Å². The van der Waals surface area contributed by atoms with Crippen LogP contribution in [0.25, 0.3) is 0 Å². The smallest absolute Gasteiger partial charge is 0.0827 e. The molecule has 0 amide bonds. The number of hydrogen-bond donors (Lipinski definition) is 0. The topological polar surface area (TPSA) is 0 Å². The van der Waals surface area contributed by atoms with Crippen LogP contribution in [-0.4, -0.2) is 0 Å². The highest BCUT2D eigenvalue weighted by Crippen LogP contribution is 2.37. The molecule has 0 atom stereocenters. The van der Waals surface area contributed by atoms with Gasteiger partial charge in [0.05, 0.1) is 6.33 Å². The van der Waals surface area contributed by atoms with Crippen molar-refractivity contribution in [3.05, 3.63) is 47.8 Å². The molecule has 0 radical (unpaired) electrons. The van der Waals surface area contributed by atoms with Crippen molar-refractivity contribution in [1.82, 2.24) is 0 Å². The molecule has 1 aliphatic rings. The maximum absolute atomic E-state index is 12.1. The second-order valence-corrected chi connectivity index (χ2v) is 6.51. The Kier molecular flexibility index (Phi) is 6.99. The van der Waals surface area contributed by atoms with Gasteiger partial charge in [-0.2, -0.15) is 0 Å². The minimum Gasteiger partial charge on any atom is -0.216 e. The number of aryl methyl sites for hydroxylation is 1. The van der Waals surface area contributed by atoms with Crippen LogP contribution < -0.4 is 0 Å². The van der Waals surface area contributed by atoms with Gasteiger partial charge in [0, 0.05) is 0 Å². The number of halogens is 1. The zero-order valence-corrected chi connectivity index (χ0v) is 13.4. The van der Waals surface area contributed by atoms with E-state index >= 15 is 0 Å². The highest BCUT2D eigenvalue weighted by Gasteiger charge is 2.21. The third kappa shape index (κ3) is 5.30. The van der Waals surface area contributed by atoms with Crippen molar-refractivity contribution in [3.63, 3.8) is 0 Å². The fourth-order valence-corrected chi connectivity index (χ4v) is 3.51. The molecule has 1 heteroatoms. The van der Waals surface area contributed by atoms with Gasteiger partial charge < -0.3 is 0 Å². The van der Waals surface area contributed by atoms with Gasteiger partial charge >= 0.3 is 0 Å². The Morgan fingerprint density at radius 3 is 2.38 bits per heavy atom. The summed E-state index contributed by atoms with van der Waals surface area (Å²) in [6.07, 6.45) is 13.5. The van der Waals surface area contributed by atoms with E-state index in [2.05, 4.69) is 31.2 Å². The normalized spacial score (nSPS) is 22.8. The Labute approximate surface area is 129 Å². The van der Waals surface area contributed by atoms with Gasteiger partial charge in [-0.05, 0) is 67.9 Å². The van der Waals surface area contributed by atoms with Gasteiger partial charge in [0.15, 0.2) is 0 Å². The predicted molar refractivity (Wildman–Crippen MR) is 89.2 cm³/mol. The lowest BCUT2D eigenvalue weighted by atomic mass is 9.77. The number of benzene rings is 1. The van der Waals surface area contributed by atoms with Crippen LogP contribution in [0.5, 0.6) is 0 Å². The van der Waals surface area contributed by atoms with Crippen LogP contribution in [0, 0.1) is 5.92 Å². The fourth-order valence-electron chi connectivity index (χ4n) is 3.51.